The zero-order chi connectivity index (χ0) is 10.0. The fourth-order valence-electron chi connectivity index (χ4n) is 0.952. The lowest BCUT2D eigenvalue weighted by atomic mass is 10.1. The summed E-state index contributed by atoms with van der Waals surface area (Å²) in [6, 6.07) is 2.49. The third-order valence-corrected chi connectivity index (χ3v) is 2.69. The van der Waals surface area contributed by atoms with Gasteiger partial charge < -0.3 is 10.8 Å². The Morgan fingerprint density at radius 1 is 1.46 bits per heavy atom. The third-order valence-electron chi connectivity index (χ3n) is 1.62. The molecule has 0 saturated carbocycles. The van der Waals surface area contributed by atoms with E-state index in [1.165, 1.54) is 0 Å². The van der Waals surface area contributed by atoms with Crippen LogP contribution in [0.5, 0.6) is 5.75 Å². The monoisotopic (exact) mass is 311 g/mol. The van der Waals surface area contributed by atoms with E-state index in [4.69, 9.17) is 5.73 Å². The summed E-state index contributed by atoms with van der Waals surface area (Å²) in [5.41, 5.74) is 5.85. The number of phenols is 1. The molecule has 1 aromatic rings. The quantitative estimate of drug-likeness (QED) is 0.882. The van der Waals surface area contributed by atoms with Crippen LogP contribution in [0.15, 0.2) is 21.1 Å². The minimum atomic E-state index is -0.784. The van der Waals surface area contributed by atoms with Crippen molar-refractivity contribution in [3.8, 4) is 5.75 Å². The maximum absolute atomic E-state index is 12.2. The van der Waals surface area contributed by atoms with Gasteiger partial charge in [-0.05, 0) is 28.1 Å². The Morgan fingerprint density at radius 2 is 2.08 bits per heavy atom. The highest BCUT2D eigenvalue weighted by atomic mass is 79.9. The van der Waals surface area contributed by atoms with Crippen molar-refractivity contribution in [1.82, 2.24) is 0 Å². The minimum Gasteiger partial charge on any atom is -0.506 e. The van der Waals surface area contributed by atoms with E-state index in [0.717, 1.165) is 4.47 Å². The van der Waals surface area contributed by atoms with Crippen molar-refractivity contribution in [3.63, 3.8) is 0 Å². The fourth-order valence-corrected chi connectivity index (χ4v) is 2.21. The van der Waals surface area contributed by atoms with Gasteiger partial charge in [0.15, 0.2) is 0 Å². The Labute approximate surface area is 92.2 Å². The fraction of sp³-hybridized carbons (Fsp3) is 0.250. The molecule has 0 fully saturated rings. The van der Waals surface area contributed by atoms with Crippen molar-refractivity contribution in [1.29, 1.82) is 0 Å². The molecule has 0 aromatic heterocycles. The zero-order valence-electron chi connectivity index (χ0n) is 6.60. The summed E-state index contributed by atoms with van der Waals surface area (Å²) in [5.74, 6) is -0.00616. The summed E-state index contributed by atoms with van der Waals surface area (Å²) in [6.07, 6.45) is 0. The Morgan fingerprint density at radius 3 is 2.62 bits per heavy atom. The SMILES string of the molecule is N[C@@H](CF)c1cc(Br)cc(Br)c1O. The van der Waals surface area contributed by atoms with Gasteiger partial charge in [0, 0.05) is 10.0 Å². The topological polar surface area (TPSA) is 46.2 Å². The largest absolute Gasteiger partial charge is 0.506 e. The van der Waals surface area contributed by atoms with Gasteiger partial charge in [0.05, 0.1) is 10.5 Å². The molecular formula is C8H8Br2FNO. The average Bonchev–Trinajstić information content (AvgIpc) is 2.10. The summed E-state index contributed by atoms with van der Waals surface area (Å²) in [6.45, 7) is -0.698. The van der Waals surface area contributed by atoms with Crippen LogP contribution in [0.4, 0.5) is 4.39 Å². The number of hydrogen-bond donors (Lipinski definition) is 2. The van der Waals surface area contributed by atoms with Crippen LogP contribution in [-0.4, -0.2) is 11.8 Å². The second-order valence-electron chi connectivity index (χ2n) is 2.59. The average molecular weight is 313 g/mol. The van der Waals surface area contributed by atoms with Gasteiger partial charge in [0.2, 0.25) is 0 Å². The van der Waals surface area contributed by atoms with Crippen molar-refractivity contribution in [2.45, 2.75) is 6.04 Å². The van der Waals surface area contributed by atoms with Crippen molar-refractivity contribution in [2.75, 3.05) is 6.67 Å². The molecule has 0 radical (unpaired) electrons. The van der Waals surface area contributed by atoms with E-state index >= 15 is 0 Å². The van der Waals surface area contributed by atoms with Gasteiger partial charge in [0.25, 0.3) is 0 Å². The van der Waals surface area contributed by atoms with E-state index in [-0.39, 0.29) is 5.75 Å². The molecule has 0 heterocycles. The summed E-state index contributed by atoms with van der Waals surface area (Å²) >= 11 is 6.36. The van der Waals surface area contributed by atoms with E-state index in [9.17, 15) is 9.50 Å². The maximum atomic E-state index is 12.2. The Hall–Kier alpha value is -0.130. The van der Waals surface area contributed by atoms with Crippen LogP contribution in [0.1, 0.15) is 11.6 Å². The minimum absolute atomic E-state index is 0.00616. The molecule has 0 amide bonds. The van der Waals surface area contributed by atoms with Gasteiger partial charge in [-0.15, -0.1) is 0 Å². The first-order valence-corrected chi connectivity index (χ1v) is 5.14. The number of halogens is 3. The van der Waals surface area contributed by atoms with Crippen molar-refractivity contribution < 1.29 is 9.50 Å². The molecule has 0 unspecified atom stereocenters. The third kappa shape index (κ3) is 2.42. The van der Waals surface area contributed by atoms with Crippen molar-refractivity contribution >= 4 is 31.9 Å². The number of phenolic OH excluding ortho intramolecular Hbond substituents is 1. The maximum Gasteiger partial charge on any atom is 0.134 e. The second-order valence-corrected chi connectivity index (χ2v) is 4.36. The standard InChI is InChI=1S/C8H8Br2FNO/c9-4-1-5(7(12)3-11)8(13)6(10)2-4/h1-2,7,13H,3,12H2/t7-/m0/s1. The Balaban J connectivity index is 3.20. The van der Waals surface area contributed by atoms with E-state index in [0.29, 0.717) is 10.0 Å². The van der Waals surface area contributed by atoms with Gasteiger partial charge in [-0.3, -0.25) is 0 Å². The first-order valence-electron chi connectivity index (χ1n) is 3.55. The molecule has 5 heteroatoms. The molecule has 1 atom stereocenters. The molecule has 3 N–H and O–H groups in total. The number of aromatic hydroxyl groups is 1. The van der Waals surface area contributed by atoms with Crippen LogP contribution < -0.4 is 5.73 Å². The molecule has 0 spiro atoms. The van der Waals surface area contributed by atoms with Gasteiger partial charge >= 0.3 is 0 Å². The van der Waals surface area contributed by atoms with Crippen LogP contribution in [0, 0.1) is 0 Å². The summed E-state index contributed by atoms with van der Waals surface area (Å²) < 4.78 is 13.5. The Bertz CT molecular complexity index is 319. The molecular weight excluding hydrogens is 305 g/mol. The smallest absolute Gasteiger partial charge is 0.134 e. The molecule has 72 valence electrons. The molecule has 1 rings (SSSR count). The van der Waals surface area contributed by atoms with Gasteiger partial charge in [-0.1, -0.05) is 15.9 Å². The highest BCUT2D eigenvalue weighted by Crippen LogP contribution is 2.34. The molecule has 13 heavy (non-hydrogen) atoms. The molecule has 0 bridgehead atoms. The molecule has 0 aliphatic heterocycles. The van der Waals surface area contributed by atoms with Crippen LogP contribution in [0.3, 0.4) is 0 Å². The number of rotatable bonds is 2. The molecule has 2 nitrogen and oxygen atoms in total. The van der Waals surface area contributed by atoms with E-state index < -0.39 is 12.7 Å². The second kappa shape index (κ2) is 4.39. The van der Waals surface area contributed by atoms with Crippen molar-refractivity contribution in [2.24, 2.45) is 5.73 Å². The molecule has 0 aliphatic rings. The van der Waals surface area contributed by atoms with Crippen LogP contribution in [-0.2, 0) is 0 Å². The highest BCUT2D eigenvalue weighted by molar-refractivity contribution is 9.11. The van der Waals surface area contributed by atoms with Gasteiger partial charge in [-0.2, -0.15) is 0 Å². The lowest BCUT2D eigenvalue weighted by Crippen LogP contribution is -2.12. The van der Waals surface area contributed by atoms with Crippen LogP contribution >= 0.6 is 31.9 Å². The first-order chi connectivity index (χ1) is 6.06. The number of alkyl halides is 1. The summed E-state index contributed by atoms with van der Waals surface area (Å²) in [4.78, 5) is 0. The molecule has 0 saturated heterocycles. The van der Waals surface area contributed by atoms with Gasteiger partial charge in [-0.25, -0.2) is 4.39 Å². The summed E-state index contributed by atoms with van der Waals surface area (Å²) in [5, 5.41) is 9.51. The molecule has 0 aliphatic carbocycles. The normalized spacial score (nSPS) is 12.9. The Kier molecular flexibility index (Phi) is 3.70. The van der Waals surface area contributed by atoms with Crippen LogP contribution in [0.25, 0.3) is 0 Å². The van der Waals surface area contributed by atoms with E-state index in [1.807, 2.05) is 0 Å². The highest BCUT2D eigenvalue weighted by Gasteiger charge is 2.13. The predicted octanol–water partition coefficient (Wildman–Crippen LogP) is 2.89. The van der Waals surface area contributed by atoms with Crippen LogP contribution in [0.2, 0.25) is 0 Å². The van der Waals surface area contributed by atoms with Crippen molar-refractivity contribution in [3.05, 3.63) is 26.6 Å². The number of benzene rings is 1. The van der Waals surface area contributed by atoms with E-state index in [2.05, 4.69) is 31.9 Å². The number of hydrogen-bond acceptors (Lipinski definition) is 2. The lowest BCUT2D eigenvalue weighted by Gasteiger charge is -2.11. The lowest BCUT2D eigenvalue weighted by molar-refractivity contribution is 0.413. The number of nitrogens with two attached hydrogens (primary N) is 1. The summed E-state index contributed by atoms with van der Waals surface area (Å²) in [7, 11) is 0. The van der Waals surface area contributed by atoms with E-state index in [1.54, 1.807) is 12.1 Å². The molecule has 1 aromatic carbocycles. The first kappa shape index (κ1) is 10.9. The zero-order valence-corrected chi connectivity index (χ0v) is 9.77. The predicted molar refractivity (Wildman–Crippen MR) is 56.4 cm³/mol. The van der Waals surface area contributed by atoms with Gasteiger partial charge in [0.1, 0.15) is 12.4 Å².